The maximum atomic E-state index is 9.69. The van der Waals surface area contributed by atoms with Gasteiger partial charge in [-0.2, -0.15) is 4.98 Å². The molecule has 1 unspecified atom stereocenters. The number of hydrogen-bond acceptors (Lipinski definition) is 5. The Kier molecular flexibility index (Phi) is 3.21. The lowest BCUT2D eigenvalue weighted by atomic mass is 10.1. The minimum atomic E-state index is 0.237. The second-order valence-electron chi connectivity index (χ2n) is 4.90. The SMILES string of the molecule is Cc1c(O)cccc1-c1nc(CC2CCOC2)no1. The van der Waals surface area contributed by atoms with Crippen LogP contribution >= 0.6 is 0 Å². The molecule has 1 saturated heterocycles. The van der Waals surface area contributed by atoms with Crippen LogP contribution in [-0.2, 0) is 11.2 Å². The third-order valence-electron chi connectivity index (χ3n) is 3.50. The van der Waals surface area contributed by atoms with Gasteiger partial charge in [0, 0.05) is 30.8 Å². The van der Waals surface area contributed by atoms with Gasteiger partial charge in [-0.15, -0.1) is 0 Å². The standard InChI is InChI=1S/C14H16N2O3/c1-9-11(3-2-4-12(9)17)14-15-13(16-19-14)7-10-5-6-18-8-10/h2-4,10,17H,5-8H2,1H3. The van der Waals surface area contributed by atoms with Crippen molar-refractivity contribution < 1.29 is 14.4 Å². The molecule has 0 radical (unpaired) electrons. The van der Waals surface area contributed by atoms with Crippen molar-refractivity contribution in [1.82, 2.24) is 10.1 Å². The number of aromatic nitrogens is 2. The second-order valence-corrected chi connectivity index (χ2v) is 4.90. The summed E-state index contributed by atoms with van der Waals surface area (Å²) in [6.45, 7) is 3.43. The van der Waals surface area contributed by atoms with Gasteiger partial charge < -0.3 is 14.4 Å². The summed E-state index contributed by atoms with van der Waals surface area (Å²) in [5, 5.41) is 13.7. The van der Waals surface area contributed by atoms with E-state index < -0.39 is 0 Å². The first kappa shape index (κ1) is 12.2. The van der Waals surface area contributed by atoms with Crippen LogP contribution in [0.4, 0.5) is 0 Å². The molecule has 1 atom stereocenters. The fourth-order valence-corrected chi connectivity index (χ4v) is 2.30. The molecule has 1 aliphatic rings. The molecule has 100 valence electrons. The van der Waals surface area contributed by atoms with Gasteiger partial charge in [0.2, 0.25) is 0 Å². The van der Waals surface area contributed by atoms with Crippen molar-refractivity contribution >= 4 is 0 Å². The van der Waals surface area contributed by atoms with E-state index in [9.17, 15) is 5.11 Å². The van der Waals surface area contributed by atoms with Crippen molar-refractivity contribution in [1.29, 1.82) is 0 Å². The molecule has 1 aromatic carbocycles. The number of ether oxygens (including phenoxy) is 1. The van der Waals surface area contributed by atoms with Crippen LogP contribution in [0.15, 0.2) is 22.7 Å². The lowest BCUT2D eigenvalue weighted by molar-refractivity contribution is 0.185. The Bertz CT molecular complexity index is 574. The zero-order valence-electron chi connectivity index (χ0n) is 10.8. The van der Waals surface area contributed by atoms with Crippen LogP contribution in [0.5, 0.6) is 5.75 Å². The number of nitrogens with zero attached hydrogens (tertiary/aromatic N) is 2. The topological polar surface area (TPSA) is 68.4 Å². The van der Waals surface area contributed by atoms with Crippen molar-refractivity contribution in [3.05, 3.63) is 29.6 Å². The zero-order valence-corrected chi connectivity index (χ0v) is 10.8. The molecule has 0 spiro atoms. The summed E-state index contributed by atoms with van der Waals surface area (Å²) in [4.78, 5) is 4.40. The number of phenolic OH excluding ortho intramolecular Hbond substituents is 1. The number of hydrogen-bond donors (Lipinski definition) is 1. The van der Waals surface area contributed by atoms with Gasteiger partial charge in [0.25, 0.3) is 5.89 Å². The fourth-order valence-electron chi connectivity index (χ4n) is 2.30. The summed E-state index contributed by atoms with van der Waals surface area (Å²) in [6, 6.07) is 5.28. The van der Waals surface area contributed by atoms with Gasteiger partial charge >= 0.3 is 0 Å². The van der Waals surface area contributed by atoms with Gasteiger partial charge in [0.15, 0.2) is 5.82 Å². The van der Waals surface area contributed by atoms with Crippen molar-refractivity contribution in [3.8, 4) is 17.2 Å². The largest absolute Gasteiger partial charge is 0.508 e. The summed E-state index contributed by atoms with van der Waals surface area (Å²) in [5.41, 5.74) is 1.53. The molecule has 1 aliphatic heterocycles. The summed E-state index contributed by atoms with van der Waals surface area (Å²) >= 11 is 0. The van der Waals surface area contributed by atoms with E-state index in [-0.39, 0.29) is 5.75 Å². The molecular weight excluding hydrogens is 244 g/mol. The van der Waals surface area contributed by atoms with Gasteiger partial charge in [-0.05, 0) is 31.4 Å². The summed E-state index contributed by atoms with van der Waals surface area (Å²) in [7, 11) is 0. The van der Waals surface area contributed by atoms with Gasteiger partial charge in [-0.1, -0.05) is 11.2 Å². The van der Waals surface area contributed by atoms with E-state index in [4.69, 9.17) is 9.26 Å². The zero-order chi connectivity index (χ0) is 13.2. The maximum absolute atomic E-state index is 9.69. The molecule has 5 nitrogen and oxygen atoms in total. The van der Waals surface area contributed by atoms with Crippen LogP contribution in [0.3, 0.4) is 0 Å². The molecule has 1 N–H and O–H groups in total. The molecule has 1 aromatic heterocycles. The first-order valence-electron chi connectivity index (χ1n) is 6.43. The Hall–Kier alpha value is -1.88. The first-order chi connectivity index (χ1) is 9.24. The van der Waals surface area contributed by atoms with E-state index >= 15 is 0 Å². The summed E-state index contributed by atoms with van der Waals surface area (Å²) < 4.78 is 10.6. The minimum absolute atomic E-state index is 0.237. The molecule has 0 aliphatic carbocycles. The van der Waals surface area contributed by atoms with Gasteiger partial charge in [-0.25, -0.2) is 0 Å². The lowest BCUT2D eigenvalue weighted by Crippen LogP contribution is -2.04. The lowest BCUT2D eigenvalue weighted by Gasteiger charge is -2.02. The first-order valence-corrected chi connectivity index (χ1v) is 6.43. The molecule has 1 fully saturated rings. The van der Waals surface area contributed by atoms with Crippen molar-refractivity contribution in [2.45, 2.75) is 19.8 Å². The van der Waals surface area contributed by atoms with Gasteiger partial charge in [0.05, 0.1) is 0 Å². The van der Waals surface area contributed by atoms with Crippen LogP contribution in [-0.4, -0.2) is 28.5 Å². The Morgan fingerprint density at radius 2 is 2.32 bits per heavy atom. The van der Waals surface area contributed by atoms with E-state index in [1.165, 1.54) is 0 Å². The Labute approximate surface area is 111 Å². The molecule has 2 aromatic rings. The van der Waals surface area contributed by atoms with E-state index in [1.807, 2.05) is 13.0 Å². The van der Waals surface area contributed by atoms with Crippen LogP contribution in [0, 0.1) is 12.8 Å². The van der Waals surface area contributed by atoms with Crippen molar-refractivity contribution in [2.75, 3.05) is 13.2 Å². The van der Waals surface area contributed by atoms with Crippen molar-refractivity contribution in [3.63, 3.8) is 0 Å². The summed E-state index contributed by atoms with van der Waals surface area (Å²) in [5.74, 6) is 1.88. The predicted molar refractivity (Wildman–Crippen MR) is 68.8 cm³/mol. The van der Waals surface area contributed by atoms with E-state index in [2.05, 4.69) is 10.1 Å². The van der Waals surface area contributed by atoms with Crippen LogP contribution < -0.4 is 0 Å². The average Bonchev–Trinajstić information content (AvgIpc) is 3.05. The highest BCUT2D eigenvalue weighted by Crippen LogP contribution is 2.28. The number of rotatable bonds is 3. The highest BCUT2D eigenvalue weighted by molar-refractivity contribution is 5.61. The third kappa shape index (κ3) is 2.46. The van der Waals surface area contributed by atoms with E-state index in [0.717, 1.165) is 37.2 Å². The van der Waals surface area contributed by atoms with E-state index in [0.29, 0.717) is 17.6 Å². The molecular formula is C14H16N2O3. The summed E-state index contributed by atoms with van der Waals surface area (Å²) in [6.07, 6.45) is 1.83. The van der Waals surface area contributed by atoms with E-state index in [1.54, 1.807) is 12.1 Å². The highest BCUT2D eigenvalue weighted by atomic mass is 16.5. The number of benzene rings is 1. The molecule has 2 heterocycles. The predicted octanol–water partition coefficient (Wildman–Crippen LogP) is 2.33. The minimum Gasteiger partial charge on any atom is -0.508 e. The number of aromatic hydroxyl groups is 1. The monoisotopic (exact) mass is 260 g/mol. The van der Waals surface area contributed by atoms with Crippen molar-refractivity contribution in [2.24, 2.45) is 5.92 Å². The molecule has 0 bridgehead atoms. The molecule has 0 amide bonds. The van der Waals surface area contributed by atoms with Gasteiger partial charge in [0.1, 0.15) is 5.75 Å². The Balaban J connectivity index is 1.82. The second kappa shape index (κ2) is 5.01. The maximum Gasteiger partial charge on any atom is 0.258 e. The van der Waals surface area contributed by atoms with Crippen LogP contribution in [0.1, 0.15) is 17.8 Å². The molecule has 19 heavy (non-hydrogen) atoms. The molecule has 0 saturated carbocycles. The highest BCUT2D eigenvalue weighted by Gasteiger charge is 2.20. The molecule has 3 rings (SSSR count). The normalized spacial score (nSPS) is 18.9. The fraction of sp³-hybridized carbons (Fsp3) is 0.429. The average molecular weight is 260 g/mol. The smallest absolute Gasteiger partial charge is 0.258 e. The third-order valence-corrected chi connectivity index (χ3v) is 3.50. The Morgan fingerprint density at radius 1 is 1.42 bits per heavy atom. The quantitative estimate of drug-likeness (QED) is 0.917. The number of phenols is 1. The van der Waals surface area contributed by atoms with Crippen LogP contribution in [0.2, 0.25) is 0 Å². The Morgan fingerprint density at radius 3 is 3.11 bits per heavy atom. The van der Waals surface area contributed by atoms with Crippen LogP contribution in [0.25, 0.3) is 11.5 Å². The molecule has 5 heteroatoms. The van der Waals surface area contributed by atoms with Gasteiger partial charge in [-0.3, -0.25) is 0 Å².